The number of hydrogen-bond acceptors (Lipinski definition) is 4. The molecule has 0 spiro atoms. The van der Waals surface area contributed by atoms with Crippen molar-refractivity contribution >= 4 is 0 Å². The van der Waals surface area contributed by atoms with Crippen molar-refractivity contribution in [3.63, 3.8) is 0 Å². The average molecular weight is 263 g/mol. The van der Waals surface area contributed by atoms with Crippen LogP contribution in [0.4, 0.5) is 0 Å². The molecule has 1 aliphatic heterocycles. The van der Waals surface area contributed by atoms with Gasteiger partial charge in [-0.05, 0) is 5.56 Å². The lowest BCUT2D eigenvalue weighted by Gasteiger charge is -2.32. The van der Waals surface area contributed by atoms with Crippen molar-refractivity contribution in [1.82, 2.24) is 4.90 Å². The zero-order chi connectivity index (χ0) is 13.9. The standard InChI is InChI=1S/C15H21NO3/c1-13(2)14(18)10-16(12(9-17)15(13,14)19)8-11-6-4-3-5-7-11/h3-7,12,17-19H,8-10H2,1-2H3/t12-,14-,15+/m1/s1. The lowest BCUT2D eigenvalue weighted by molar-refractivity contribution is -0.00310. The summed E-state index contributed by atoms with van der Waals surface area (Å²) >= 11 is 0. The minimum absolute atomic E-state index is 0.144. The fraction of sp³-hybridized carbons (Fsp3) is 0.600. The molecule has 1 saturated carbocycles. The van der Waals surface area contributed by atoms with Crippen molar-refractivity contribution in [3.8, 4) is 0 Å². The Morgan fingerprint density at radius 1 is 1.21 bits per heavy atom. The van der Waals surface area contributed by atoms with Gasteiger partial charge in [-0.15, -0.1) is 0 Å². The number of rotatable bonds is 3. The van der Waals surface area contributed by atoms with E-state index in [-0.39, 0.29) is 6.61 Å². The van der Waals surface area contributed by atoms with Crippen LogP contribution in [0.3, 0.4) is 0 Å². The number of β-amino-alcohol motifs (C(OH)–C–C–N with tert-alkyl or cyclic N) is 1. The second-order valence-corrected chi connectivity index (χ2v) is 6.34. The van der Waals surface area contributed by atoms with Gasteiger partial charge in [0.05, 0.1) is 12.6 Å². The van der Waals surface area contributed by atoms with Gasteiger partial charge in [0.2, 0.25) is 0 Å². The molecule has 19 heavy (non-hydrogen) atoms. The molecule has 0 amide bonds. The predicted octanol–water partition coefficient (Wildman–Crippen LogP) is 0.365. The first-order valence-corrected chi connectivity index (χ1v) is 6.72. The van der Waals surface area contributed by atoms with Crippen LogP contribution in [0.25, 0.3) is 0 Å². The smallest absolute Gasteiger partial charge is 0.121 e. The zero-order valence-corrected chi connectivity index (χ0v) is 11.4. The molecule has 1 aromatic rings. The molecule has 3 rings (SSSR count). The number of likely N-dealkylation sites (tertiary alicyclic amines) is 1. The van der Waals surface area contributed by atoms with Crippen LogP contribution in [0, 0.1) is 5.41 Å². The molecule has 1 aliphatic carbocycles. The minimum atomic E-state index is -1.20. The molecule has 2 fully saturated rings. The summed E-state index contributed by atoms with van der Waals surface area (Å²) in [5, 5.41) is 30.9. The van der Waals surface area contributed by atoms with Crippen molar-refractivity contribution in [1.29, 1.82) is 0 Å². The molecule has 4 heteroatoms. The largest absolute Gasteiger partial charge is 0.395 e. The monoisotopic (exact) mass is 263 g/mol. The van der Waals surface area contributed by atoms with Crippen LogP contribution in [-0.4, -0.2) is 50.6 Å². The molecule has 0 aromatic heterocycles. The molecule has 1 saturated heterocycles. The maximum Gasteiger partial charge on any atom is 0.121 e. The van der Waals surface area contributed by atoms with E-state index in [1.54, 1.807) is 0 Å². The lowest BCUT2D eigenvalue weighted by atomic mass is 9.98. The summed E-state index contributed by atoms with van der Waals surface area (Å²) in [7, 11) is 0. The molecule has 104 valence electrons. The van der Waals surface area contributed by atoms with Crippen LogP contribution in [0.1, 0.15) is 19.4 Å². The molecule has 1 heterocycles. The molecule has 3 atom stereocenters. The van der Waals surface area contributed by atoms with Crippen molar-refractivity contribution in [2.45, 2.75) is 37.6 Å². The van der Waals surface area contributed by atoms with Crippen LogP contribution >= 0.6 is 0 Å². The highest BCUT2D eigenvalue weighted by atomic mass is 16.4. The second-order valence-electron chi connectivity index (χ2n) is 6.34. The van der Waals surface area contributed by atoms with E-state index in [1.807, 2.05) is 49.1 Å². The number of aliphatic hydroxyl groups is 3. The minimum Gasteiger partial charge on any atom is -0.395 e. The molecule has 0 unspecified atom stereocenters. The Morgan fingerprint density at radius 3 is 2.42 bits per heavy atom. The molecule has 1 aromatic carbocycles. The molecule has 0 bridgehead atoms. The third-order valence-corrected chi connectivity index (χ3v) is 5.31. The number of fused-ring (bicyclic) bond motifs is 1. The lowest BCUT2D eigenvalue weighted by Crippen LogP contribution is -2.46. The fourth-order valence-electron chi connectivity index (χ4n) is 3.86. The number of nitrogens with zero attached hydrogens (tertiary/aromatic N) is 1. The van der Waals surface area contributed by atoms with E-state index in [9.17, 15) is 15.3 Å². The highest BCUT2D eigenvalue weighted by Crippen LogP contribution is 2.70. The van der Waals surface area contributed by atoms with Gasteiger partial charge >= 0.3 is 0 Å². The second kappa shape index (κ2) is 3.79. The Kier molecular flexibility index (Phi) is 2.61. The highest BCUT2D eigenvalue weighted by molar-refractivity contribution is 5.40. The van der Waals surface area contributed by atoms with Crippen LogP contribution in [0.15, 0.2) is 30.3 Å². The first-order valence-electron chi connectivity index (χ1n) is 6.72. The van der Waals surface area contributed by atoms with Gasteiger partial charge in [-0.3, -0.25) is 4.90 Å². The first-order chi connectivity index (χ1) is 8.88. The van der Waals surface area contributed by atoms with Crippen LogP contribution in [0.5, 0.6) is 0 Å². The van der Waals surface area contributed by atoms with Crippen LogP contribution < -0.4 is 0 Å². The number of piperidine rings is 1. The van der Waals surface area contributed by atoms with Gasteiger partial charge in [0, 0.05) is 18.5 Å². The molecular weight excluding hydrogens is 242 g/mol. The van der Waals surface area contributed by atoms with Gasteiger partial charge in [-0.25, -0.2) is 0 Å². The van der Waals surface area contributed by atoms with Crippen molar-refractivity contribution in [2.24, 2.45) is 5.41 Å². The zero-order valence-electron chi connectivity index (χ0n) is 11.4. The number of hydrogen-bond donors (Lipinski definition) is 3. The maximum absolute atomic E-state index is 10.7. The normalized spacial score (nSPS) is 40.2. The predicted molar refractivity (Wildman–Crippen MR) is 71.4 cm³/mol. The van der Waals surface area contributed by atoms with E-state index in [0.29, 0.717) is 13.1 Å². The molecule has 0 radical (unpaired) electrons. The Balaban J connectivity index is 1.84. The third kappa shape index (κ3) is 1.37. The summed E-state index contributed by atoms with van der Waals surface area (Å²) in [6, 6.07) is 9.50. The Labute approximate surface area is 113 Å². The van der Waals surface area contributed by atoms with E-state index >= 15 is 0 Å². The molecule has 4 nitrogen and oxygen atoms in total. The third-order valence-electron chi connectivity index (χ3n) is 5.31. The van der Waals surface area contributed by atoms with E-state index in [1.165, 1.54) is 0 Å². The summed E-state index contributed by atoms with van der Waals surface area (Å²) in [6.07, 6.45) is 0. The number of benzene rings is 1. The molecular formula is C15H21NO3. The van der Waals surface area contributed by atoms with Gasteiger partial charge in [0.25, 0.3) is 0 Å². The van der Waals surface area contributed by atoms with Gasteiger partial charge in [0.15, 0.2) is 0 Å². The van der Waals surface area contributed by atoms with E-state index in [2.05, 4.69) is 0 Å². The summed E-state index contributed by atoms with van der Waals surface area (Å²) in [5.74, 6) is 0. The highest BCUT2D eigenvalue weighted by Gasteiger charge is 2.88. The van der Waals surface area contributed by atoms with E-state index < -0.39 is 22.7 Å². The quantitative estimate of drug-likeness (QED) is 0.737. The van der Waals surface area contributed by atoms with Crippen molar-refractivity contribution in [3.05, 3.63) is 35.9 Å². The van der Waals surface area contributed by atoms with E-state index in [4.69, 9.17) is 0 Å². The van der Waals surface area contributed by atoms with Crippen LogP contribution in [-0.2, 0) is 6.54 Å². The average Bonchev–Trinajstić information content (AvgIpc) is 2.62. The Bertz CT molecular complexity index is 489. The number of aliphatic hydroxyl groups excluding tert-OH is 1. The fourth-order valence-corrected chi connectivity index (χ4v) is 3.86. The van der Waals surface area contributed by atoms with Crippen molar-refractivity contribution < 1.29 is 15.3 Å². The SMILES string of the molecule is CC1(C)[C@]2(O)CN(Cc3ccccc3)[C@H](CO)[C@]12O. The molecule has 3 N–H and O–H groups in total. The summed E-state index contributed by atoms with van der Waals surface area (Å²) in [5.41, 5.74) is -1.75. The summed E-state index contributed by atoms with van der Waals surface area (Å²) < 4.78 is 0. The van der Waals surface area contributed by atoms with Crippen molar-refractivity contribution in [2.75, 3.05) is 13.2 Å². The van der Waals surface area contributed by atoms with E-state index in [0.717, 1.165) is 5.56 Å². The van der Waals surface area contributed by atoms with Crippen LogP contribution in [0.2, 0.25) is 0 Å². The van der Waals surface area contributed by atoms with Gasteiger partial charge < -0.3 is 15.3 Å². The summed E-state index contributed by atoms with van der Waals surface area (Å²) in [6.45, 7) is 4.60. The Hall–Kier alpha value is -0.940. The van der Waals surface area contributed by atoms with Gasteiger partial charge in [-0.2, -0.15) is 0 Å². The summed E-state index contributed by atoms with van der Waals surface area (Å²) in [4.78, 5) is 1.97. The maximum atomic E-state index is 10.7. The molecule has 2 aliphatic rings. The van der Waals surface area contributed by atoms with Gasteiger partial charge in [0.1, 0.15) is 11.2 Å². The van der Waals surface area contributed by atoms with Gasteiger partial charge in [-0.1, -0.05) is 44.2 Å². The topological polar surface area (TPSA) is 63.9 Å². The first kappa shape index (κ1) is 13.1. The Morgan fingerprint density at radius 2 is 1.84 bits per heavy atom.